The van der Waals surface area contributed by atoms with E-state index in [4.69, 9.17) is 4.74 Å². The molecule has 0 heterocycles. The van der Waals surface area contributed by atoms with E-state index in [-0.39, 0.29) is 18.0 Å². The molecule has 0 aliphatic heterocycles. The van der Waals surface area contributed by atoms with Crippen molar-refractivity contribution in [2.45, 2.75) is 39.7 Å². The van der Waals surface area contributed by atoms with Crippen LogP contribution in [0.4, 0.5) is 0 Å². The number of carbonyl (C=O) groups excluding carboxylic acids is 1. The van der Waals surface area contributed by atoms with Crippen LogP contribution in [0.3, 0.4) is 0 Å². The van der Waals surface area contributed by atoms with Gasteiger partial charge in [-0.2, -0.15) is 0 Å². The first-order valence-electron chi connectivity index (χ1n) is 3.32. The highest BCUT2D eigenvalue weighted by molar-refractivity contribution is 5.70. The summed E-state index contributed by atoms with van der Waals surface area (Å²) in [6.45, 7) is 7.26. The molecule has 0 spiro atoms. The van der Waals surface area contributed by atoms with Crippen LogP contribution in [0.15, 0.2) is 0 Å². The van der Waals surface area contributed by atoms with Crippen molar-refractivity contribution in [3.63, 3.8) is 0 Å². The van der Waals surface area contributed by atoms with E-state index in [2.05, 4.69) is 6.42 Å². The number of carbonyl (C=O) groups is 1. The average Bonchev–Trinajstić information content (AvgIpc) is 1.59. The van der Waals surface area contributed by atoms with Crippen molar-refractivity contribution in [3.05, 3.63) is 6.42 Å². The third-order valence-electron chi connectivity index (χ3n) is 0.741. The largest absolute Gasteiger partial charge is 0.460 e. The Labute approximate surface area is 62.6 Å². The van der Waals surface area contributed by atoms with E-state index in [1.807, 2.05) is 20.8 Å². The molecule has 2 heteroatoms. The summed E-state index contributed by atoms with van der Waals surface area (Å²) in [4.78, 5) is 10.8. The Balaban J connectivity index is 3.58. The monoisotopic (exact) mass is 142 g/mol. The molecule has 0 amide bonds. The highest BCUT2D eigenvalue weighted by atomic mass is 16.6. The molecular formula is C8H14O2. The zero-order chi connectivity index (χ0) is 8.20. The Hall–Kier alpha value is -0.530. The molecule has 0 atom stereocenters. The van der Waals surface area contributed by atoms with Crippen molar-refractivity contribution in [1.29, 1.82) is 0 Å². The average molecular weight is 142 g/mol. The summed E-state index contributed by atoms with van der Waals surface area (Å²) in [5.74, 6) is -0.213. The van der Waals surface area contributed by atoms with Crippen LogP contribution in [-0.2, 0) is 9.53 Å². The predicted octanol–water partition coefficient (Wildman–Crippen LogP) is 1.82. The lowest BCUT2D eigenvalue weighted by Gasteiger charge is -2.18. The fourth-order valence-corrected chi connectivity index (χ4v) is 0.522. The molecule has 0 saturated heterocycles. The Morgan fingerprint density at radius 3 is 2.30 bits per heavy atom. The number of ether oxygens (including phenoxy) is 1. The van der Waals surface area contributed by atoms with E-state index in [0.29, 0.717) is 0 Å². The SMILES string of the molecule is C[C]CC(=O)OC(C)(C)C. The van der Waals surface area contributed by atoms with Gasteiger partial charge in [0, 0.05) is 0 Å². The molecule has 0 aliphatic carbocycles. The molecule has 0 aromatic carbocycles. The van der Waals surface area contributed by atoms with Crippen LogP contribution in [0.5, 0.6) is 0 Å². The van der Waals surface area contributed by atoms with Crippen molar-refractivity contribution in [2.24, 2.45) is 0 Å². The van der Waals surface area contributed by atoms with Gasteiger partial charge in [0.05, 0.1) is 6.42 Å². The summed E-state index contributed by atoms with van der Waals surface area (Å²) < 4.78 is 4.98. The molecule has 58 valence electrons. The quantitative estimate of drug-likeness (QED) is 0.550. The summed E-state index contributed by atoms with van der Waals surface area (Å²) >= 11 is 0. The van der Waals surface area contributed by atoms with Gasteiger partial charge in [0.1, 0.15) is 5.60 Å². The highest BCUT2D eigenvalue weighted by Crippen LogP contribution is 2.08. The van der Waals surface area contributed by atoms with E-state index in [1.165, 1.54) is 0 Å². The summed E-state index contributed by atoms with van der Waals surface area (Å²) in [6, 6.07) is 0. The zero-order valence-corrected chi connectivity index (χ0v) is 7.02. The fraction of sp³-hybridized carbons (Fsp3) is 0.750. The van der Waals surface area contributed by atoms with Crippen molar-refractivity contribution in [1.82, 2.24) is 0 Å². The standard InChI is InChI=1S/C8H14O2/c1-5-6-7(9)10-8(2,3)4/h6H2,1-4H3. The Morgan fingerprint density at radius 2 is 2.00 bits per heavy atom. The smallest absolute Gasteiger partial charge is 0.306 e. The van der Waals surface area contributed by atoms with E-state index in [1.54, 1.807) is 6.92 Å². The molecule has 0 unspecified atom stereocenters. The van der Waals surface area contributed by atoms with Crippen molar-refractivity contribution in [3.8, 4) is 0 Å². The van der Waals surface area contributed by atoms with Crippen LogP contribution in [0.1, 0.15) is 34.1 Å². The second-order valence-electron chi connectivity index (χ2n) is 3.12. The van der Waals surface area contributed by atoms with Crippen LogP contribution in [0.2, 0.25) is 0 Å². The first-order valence-corrected chi connectivity index (χ1v) is 3.32. The first kappa shape index (κ1) is 9.47. The number of hydrogen-bond acceptors (Lipinski definition) is 2. The molecule has 10 heavy (non-hydrogen) atoms. The van der Waals surface area contributed by atoms with Gasteiger partial charge in [-0.1, -0.05) is 6.92 Å². The highest BCUT2D eigenvalue weighted by Gasteiger charge is 2.14. The summed E-state index contributed by atoms with van der Waals surface area (Å²) in [6.07, 6.45) is 2.99. The summed E-state index contributed by atoms with van der Waals surface area (Å²) in [5, 5.41) is 0. The third kappa shape index (κ3) is 5.60. The van der Waals surface area contributed by atoms with Crippen molar-refractivity contribution in [2.75, 3.05) is 0 Å². The van der Waals surface area contributed by atoms with Crippen LogP contribution in [0, 0.1) is 6.42 Å². The Bertz CT molecular complexity index is 111. The van der Waals surface area contributed by atoms with Gasteiger partial charge < -0.3 is 4.74 Å². The number of esters is 1. The molecule has 0 N–H and O–H groups in total. The second kappa shape index (κ2) is 3.59. The molecule has 0 bridgehead atoms. The molecule has 0 saturated carbocycles. The van der Waals surface area contributed by atoms with E-state index in [9.17, 15) is 4.79 Å². The zero-order valence-electron chi connectivity index (χ0n) is 7.02. The fourth-order valence-electron chi connectivity index (χ4n) is 0.522. The molecule has 0 aromatic heterocycles. The normalized spacial score (nSPS) is 11.2. The summed E-state index contributed by atoms with van der Waals surface area (Å²) in [7, 11) is 0. The molecular weight excluding hydrogens is 128 g/mol. The minimum atomic E-state index is -0.367. The lowest BCUT2D eigenvalue weighted by atomic mass is 10.2. The molecule has 0 rings (SSSR count). The maximum atomic E-state index is 10.8. The maximum absolute atomic E-state index is 10.8. The topological polar surface area (TPSA) is 26.3 Å². The van der Waals surface area contributed by atoms with Gasteiger partial charge in [0.15, 0.2) is 0 Å². The van der Waals surface area contributed by atoms with Gasteiger partial charge in [-0.15, -0.1) is 0 Å². The van der Waals surface area contributed by atoms with E-state index < -0.39 is 0 Å². The van der Waals surface area contributed by atoms with Crippen LogP contribution in [-0.4, -0.2) is 11.6 Å². The number of rotatable bonds is 2. The molecule has 0 aliphatic rings. The van der Waals surface area contributed by atoms with Crippen molar-refractivity contribution < 1.29 is 9.53 Å². The third-order valence-corrected chi connectivity index (χ3v) is 0.741. The van der Waals surface area contributed by atoms with Gasteiger partial charge >= 0.3 is 5.97 Å². The van der Waals surface area contributed by atoms with Crippen LogP contribution >= 0.6 is 0 Å². The Morgan fingerprint density at radius 1 is 1.50 bits per heavy atom. The van der Waals surface area contributed by atoms with Gasteiger partial charge in [-0.3, -0.25) is 4.79 Å². The second-order valence-corrected chi connectivity index (χ2v) is 3.12. The lowest BCUT2D eigenvalue weighted by molar-refractivity contribution is -0.153. The number of hydrogen-bond donors (Lipinski definition) is 0. The van der Waals surface area contributed by atoms with Crippen LogP contribution < -0.4 is 0 Å². The Kier molecular flexibility index (Phi) is 3.40. The van der Waals surface area contributed by atoms with Gasteiger partial charge in [0.2, 0.25) is 0 Å². The van der Waals surface area contributed by atoms with Crippen molar-refractivity contribution >= 4 is 5.97 Å². The minimum absolute atomic E-state index is 0.213. The first-order chi connectivity index (χ1) is 4.45. The van der Waals surface area contributed by atoms with E-state index in [0.717, 1.165) is 0 Å². The molecule has 0 aromatic rings. The van der Waals surface area contributed by atoms with Gasteiger partial charge in [-0.05, 0) is 27.2 Å². The maximum Gasteiger partial charge on any atom is 0.306 e. The summed E-state index contributed by atoms with van der Waals surface area (Å²) in [5.41, 5.74) is -0.367. The van der Waals surface area contributed by atoms with Crippen LogP contribution in [0.25, 0.3) is 0 Å². The molecule has 2 radical (unpaired) electrons. The lowest BCUT2D eigenvalue weighted by Crippen LogP contribution is -2.23. The molecule has 0 fully saturated rings. The van der Waals surface area contributed by atoms with E-state index >= 15 is 0 Å². The van der Waals surface area contributed by atoms with Gasteiger partial charge in [0.25, 0.3) is 0 Å². The minimum Gasteiger partial charge on any atom is -0.460 e. The van der Waals surface area contributed by atoms with Gasteiger partial charge in [-0.25, -0.2) is 0 Å². The predicted molar refractivity (Wildman–Crippen MR) is 39.4 cm³/mol. The molecule has 2 nitrogen and oxygen atoms in total.